The summed E-state index contributed by atoms with van der Waals surface area (Å²) in [4.78, 5) is 9.37. The number of aryl methyl sites for hydroxylation is 7. The van der Waals surface area contributed by atoms with E-state index in [4.69, 9.17) is 0 Å². The minimum Gasteiger partial charge on any atom is -0.507 e. The van der Waals surface area contributed by atoms with Crippen molar-refractivity contribution >= 4 is 23.8 Å². The van der Waals surface area contributed by atoms with Gasteiger partial charge in [-0.2, -0.15) is 0 Å². The molecule has 0 aliphatic heterocycles. The molecule has 3 rings (SSSR count). The van der Waals surface area contributed by atoms with Gasteiger partial charge in [-0.3, -0.25) is 9.98 Å². The largest absolute Gasteiger partial charge is 0.507 e. The summed E-state index contributed by atoms with van der Waals surface area (Å²) in [5, 5.41) is 10.9. The predicted molar refractivity (Wildman–Crippen MR) is 135 cm³/mol. The van der Waals surface area contributed by atoms with Crippen molar-refractivity contribution in [2.75, 3.05) is 0 Å². The molecule has 32 heavy (non-hydrogen) atoms. The van der Waals surface area contributed by atoms with Crippen LogP contribution in [0.5, 0.6) is 5.75 Å². The third-order valence-corrected chi connectivity index (χ3v) is 5.25. The molecule has 172 valence electrons. The molecule has 0 radical (unpaired) electrons. The Morgan fingerprint density at radius 2 is 0.844 bits per heavy atom. The Morgan fingerprint density at radius 1 is 0.562 bits per heavy atom. The maximum absolute atomic E-state index is 10.9. The second-order valence-corrected chi connectivity index (χ2v) is 8.30. The standard InChI is InChI=1S/C27H30N2O.CH3.Ni/c1-16-8-19(4)25(20(5)9-16)28-14-23-12-18(3)13-24(27(23)30)15-29-26-21(6)10-17(2)11-22(26)7;;/h8-15,30H,1-7H3;1H3;/q;-1;. The van der Waals surface area contributed by atoms with Gasteiger partial charge in [0.05, 0.1) is 11.4 Å². The van der Waals surface area contributed by atoms with Crippen LogP contribution < -0.4 is 0 Å². The monoisotopic (exact) mass is 471 g/mol. The van der Waals surface area contributed by atoms with Gasteiger partial charge >= 0.3 is 0 Å². The third kappa shape index (κ3) is 6.17. The van der Waals surface area contributed by atoms with Crippen LogP contribution in [0.3, 0.4) is 0 Å². The van der Waals surface area contributed by atoms with Gasteiger partial charge in [0.1, 0.15) is 5.75 Å². The molecule has 0 aliphatic carbocycles. The van der Waals surface area contributed by atoms with Gasteiger partial charge in [-0.15, -0.1) is 0 Å². The number of phenolic OH excluding ortho intramolecular Hbond substituents is 1. The molecule has 0 unspecified atom stereocenters. The van der Waals surface area contributed by atoms with Gasteiger partial charge in [0.2, 0.25) is 0 Å². The molecule has 0 spiro atoms. The van der Waals surface area contributed by atoms with Gasteiger partial charge in [0, 0.05) is 40.0 Å². The maximum Gasteiger partial charge on any atom is 0.133 e. The van der Waals surface area contributed by atoms with Crippen LogP contribution in [0.4, 0.5) is 11.4 Å². The van der Waals surface area contributed by atoms with Crippen LogP contribution in [0.2, 0.25) is 0 Å². The number of rotatable bonds is 4. The van der Waals surface area contributed by atoms with Gasteiger partial charge in [0.15, 0.2) is 0 Å². The summed E-state index contributed by atoms with van der Waals surface area (Å²) in [5.41, 5.74) is 11.3. The summed E-state index contributed by atoms with van der Waals surface area (Å²) < 4.78 is 0. The van der Waals surface area contributed by atoms with Crippen LogP contribution in [0.15, 0.2) is 46.4 Å². The first-order valence-corrected chi connectivity index (χ1v) is 10.2. The number of nitrogens with zero attached hydrogens (tertiary/aromatic N) is 2. The van der Waals surface area contributed by atoms with Crippen molar-refractivity contribution < 1.29 is 21.6 Å². The van der Waals surface area contributed by atoms with E-state index in [1.807, 2.05) is 19.1 Å². The summed E-state index contributed by atoms with van der Waals surface area (Å²) in [6.45, 7) is 14.4. The first-order valence-electron chi connectivity index (χ1n) is 10.2. The minimum atomic E-state index is 0. The topological polar surface area (TPSA) is 45.0 Å². The van der Waals surface area contributed by atoms with Crippen molar-refractivity contribution in [3.05, 3.63) is 93.9 Å². The van der Waals surface area contributed by atoms with E-state index >= 15 is 0 Å². The van der Waals surface area contributed by atoms with Gasteiger partial charge in [-0.25, -0.2) is 0 Å². The van der Waals surface area contributed by atoms with Crippen LogP contribution in [-0.2, 0) is 16.5 Å². The number of hydrogen-bond donors (Lipinski definition) is 1. The zero-order valence-electron chi connectivity index (χ0n) is 20.3. The summed E-state index contributed by atoms with van der Waals surface area (Å²) in [6.07, 6.45) is 3.49. The molecular formula is C28H33N2NiO-. The van der Waals surface area contributed by atoms with E-state index in [0.717, 1.165) is 39.2 Å². The molecule has 0 bridgehead atoms. The van der Waals surface area contributed by atoms with E-state index in [1.165, 1.54) is 11.1 Å². The average Bonchev–Trinajstić information content (AvgIpc) is 2.63. The van der Waals surface area contributed by atoms with E-state index < -0.39 is 0 Å². The average molecular weight is 472 g/mol. The van der Waals surface area contributed by atoms with Crippen molar-refractivity contribution in [2.24, 2.45) is 9.98 Å². The van der Waals surface area contributed by atoms with E-state index in [1.54, 1.807) is 12.4 Å². The van der Waals surface area contributed by atoms with Crippen LogP contribution in [0.1, 0.15) is 50.1 Å². The quantitative estimate of drug-likeness (QED) is 0.239. The Hall–Kier alpha value is -2.71. The van der Waals surface area contributed by atoms with Crippen molar-refractivity contribution in [1.29, 1.82) is 0 Å². The number of phenols is 1. The molecule has 0 fully saturated rings. The second-order valence-electron chi connectivity index (χ2n) is 8.30. The SMILES string of the molecule is Cc1cc(C)c(N=Cc2cc(C)cc(C=Nc3c(C)cc(C)cc3C)c2O)c(C)c1.[CH3-].[Ni]. The molecule has 3 aromatic rings. The minimum absolute atomic E-state index is 0. The fourth-order valence-electron chi connectivity index (χ4n) is 4.05. The molecule has 0 saturated heterocycles. The molecule has 0 aromatic heterocycles. The van der Waals surface area contributed by atoms with E-state index in [9.17, 15) is 5.11 Å². The third-order valence-electron chi connectivity index (χ3n) is 5.25. The Kier molecular flexibility index (Phi) is 9.60. The fourth-order valence-corrected chi connectivity index (χ4v) is 4.05. The number of aromatic hydroxyl groups is 1. The molecule has 4 heteroatoms. The van der Waals surface area contributed by atoms with Gasteiger partial charge in [0.25, 0.3) is 0 Å². The Balaban J connectivity index is 0.00000256. The molecule has 3 nitrogen and oxygen atoms in total. The number of benzene rings is 3. The van der Waals surface area contributed by atoms with Crippen LogP contribution in [0, 0.1) is 55.9 Å². The van der Waals surface area contributed by atoms with Crippen LogP contribution in [0.25, 0.3) is 0 Å². The van der Waals surface area contributed by atoms with E-state index in [0.29, 0.717) is 11.1 Å². The molecule has 0 aliphatic rings. The van der Waals surface area contributed by atoms with E-state index in [-0.39, 0.29) is 29.7 Å². The molecule has 3 aromatic carbocycles. The first kappa shape index (κ1) is 27.3. The number of aliphatic imine (C=N–C) groups is 2. The summed E-state index contributed by atoms with van der Waals surface area (Å²) in [6, 6.07) is 12.4. The predicted octanol–water partition coefficient (Wildman–Crippen LogP) is 7.50. The van der Waals surface area contributed by atoms with E-state index in [2.05, 4.69) is 75.8 Å². The van der Waals surface area contributed by atoms with Crippen LogP contribution in [-0.4, -0.2) is 17.5 Å². The van der Waals surface area contributed by atoms with Crippen LogP contribution >= 0.6 is 0 Å². The van der Waals surface area contributed by atoms with Crippen molar-refractivity contribution in [2.45, 2.75) is 48.5 Å². The van der Waals surface area contributed by atoms with Crippen molar-refractivity contribution in [3.8, 4) is 5.75 Å². The summed E-state index contributed by atoms with van der Waals surface area (Å²) in [7, 11) is 0. The number of hydrogen-bond acceptors (Lipinski definition) is 3. The second kappa shape index (κ2) is 11.2. The molecule has 0 saturated carbocycles. The normalized spacial score (nSPS) is 11.0. The molecule has 0 amide bonds. The van der Waals surface area contributed by atoms with Crippen molar-refractivity contribution in [3.63, 3.8) is 0 Å². The summed E-state index contributed by atoms with van der Waals surface area (Å²) in [5.74, 6) is 0.193. The Labute approximate surface area is 203 Å². The molecule has 0 heterocycles. The smallest absolute Gasteiger partial charge is 0.133 e. The zero-order chi connectivity index (χ0) is 22.0. The zero-order valence-corrected chi connectivity index (χ0v) is 21.3. The maximum atomic E-state index is 10.9. The Morgan fingerprint density at radius 3 is 1.16 bits per heavy atom. The van der Waals surface area contributed by atoms with Gasteiger partial charge < -0.3 is 12.5 Å². The molecular weight excluding hydrogens is 439 g/mol. The van der Waals surface area contributed by atoms with Crippen molar-refractivity contribution in [1.82, 2.24) is 0 Å². The first-order chi connectivity index (χ1) is 14.2. The van der Waals surface area contributed by atoms with Gasteiger partial charge in [-0.1, -0.05) is 35.4 Å². The molecule has 0 atom stereocenters. The molecule has 1 N–H and O–H groups in total. The fraction of sp³-hybridized carbons (Fsp3) is 0.250. The Bertz CT molecular complexity index is 1040. The summed E-state index contributed by atoms with van der Waals surface area (Å²) >= 11 is 0. The van der Waals surface area contributed by atoms with Gasteiger partial charge in [-0.05, 0) is 88.4 Å².